The first-order valence-corrected chi connectivity index (χ1v) is 5.14. The Morgan fingerprint density at radius 1 is 1.38 bits per heavy atom. The Hall–Kier alpha value is -1.24. The zero-order chi connectivity index (χ0) is 11.9. The molecule has 0 radical (unpaired) electrons. The van der Waals surface area contributed by atoms with Crippen molar-refractivity contribution in [3.63, 3.8) is 0 Å². The van der Waals surface area contributed by atoms with Gasteiger partial charge in [0.1, 0.15) is 6.54 Å². The molecule has 0 saturated heterocycles. The van der Waals surface area contributed by atoms with Gasteiger partial charge >= 0.3 is 6.18 Å². The van der Waals surface area contributed by atoms with E-state index in [9.17, 15) is 13.2 Å². The van der Waals surface area contributed by atoms with E-state index in [4.69, 9.17) is 5.73 Å². The first kappa shape index (κ1) is 11.3. The number of aromatic nitrogens is 2. The van der Waals surface area contributed by atoms with Crippen molar-refractivity contribution < 1.29 is 13.2 Å². The molecule has 1 heterocycles. The summed E-state index contributed by atoms with van der Waals surface area (Å²) < 4.78 is 38.3. The molecule has 0 spiro atoms. The van der Waals surface area contributed by atoms with Crippen molar-refractivity contribution in [1.29, 1.82) is 0 Å². The maximum atomic E-state index is 12.3. The van der Waals surface area contributed by atoms with Crippen LogP contribution in [0.1, 0.15) is 0 Å². The van der Waals surface area contributed by atoms with E-state index in [1.54, 1.807) is 18.2 Å². The second-order valence-electron chi connectivity index (χ2n) is 3.32. The van der Waals surface area contributed by atoms with Gasteiger partial charge in [0.25, 0.3) is 0 Å². The van der Waals surface area contributed by atoms with Gasteiger partial charge < -0.3 is 5.73 Å². The Kier molecular flexibility index (Phi) is 2.57. The van der Waals surface area contributed by atoms with Gasteiger partial charge in [-0.3, -0.25) is 4.68 Å². The smallest absolute Gasteiger partial charge is 0.382 e. The van der Waals surface area contributed by atoms with E-state index in [-0.39, 0.29) is 5.82 Å². The molecule has 7 heteroatoms. The van der Waals surface area contributed by atoms with Crippen molar-refractivity contribution in [3.8, 4) is 0 Å². The van der Waals surface area contributed by atoms with Gasteiger partial charge in [-0.05, 0) is 18.2 Å². The first-order valence-electron chi connectivity index (χ1n) is 4.35. The van der Waals surface area contributed by atoms with Crippen LogP contribution in [-0.4, -0.2) is 16.0 Å². The number of nitrogens with zero attached hydrogens (tertiary/aromatic N) is 2. The quantitative estimate of drug-likeness (QED) is 0.878. The lowest BCUT2D eigenvalue weighted by Crippen LogP contribution is -2.18. The number of hydrogen-bond donors (Lipinski definition) is 1. The van der Waals surface area contributed by atoms with Gasteiger partial charge in [-0.1, -0.05) is 15.9 Å². The molecule has 0 atom stereocenters. The number of alkyl halides is 3. The molecule has 86 valence electrons. The molecule has 1 aromatic heterocycles. The zero-order valence-corrected chi connectivity index (χ0v) is 9.51. The Labute approximate surface area is 97.2 Å². The third-order valence-corrected chi connectivity index (χ3v) is 2.56. The van der Waals surface area contributed by atoms with Crippen molar-refractivity contribution in [2.75, 3.05) is 5.73 Å². The lowest BCUT2D eigenvalue weighted by Gasteiger charge is -2.07. The molecule has 0 aliphatic carbocycles. The maximum Gasteiger partial charge on any atom is 0.408 e. The van der Waals surface area contributed by atoms with Gasteiger partial charge in [0.2, 0.25) is 0 Å². The summed E-state index contributed by atoms with van der Waals surface area (Å²) in [5.41, 5.74) is 5.90. The minimum absolute atomic E-state index is 0.103. The van der Waals surface area contributed by atoms with Crippen molar-refractivity contribution in [2.45, 2.75) is 12.7 Å². The summed E-state index contributed by atoms with van der Waals surface area (Å²) in [7, 11) is 0. The van der Waals surface area contributed by atoms with E-state index in [0.29, 0.717) is 15.4 Å². The summed E-state index contributed by atoms with van der Waals surface area (Å²) in [6, 6.07) is 4.90. The summed E-state index contributed by atoms with van der Waals surface area (Å²) in [5, 5.41) is 4.19. The zero-order valence-electron chi connectivity index (χ0n) is 7.92. The van der Waals surface area contributed by atoms with E-state index in [0.717, 1.165) is 4.68 Å². The van der Waals surface area contributed by atoms with E-state index in [1.807, 2.05) is 0 Å². The monoisotopic (exact) mass is 293 g/mol. The highest BCUT2D eigenvalue weighted by Gasteiger charge is 2.29. The van der Waals surface area contributed by atoms with Crippen LogP contribution in [0.25, 0.3) is 10.9 Å². The van der Waals surface area contributed by atoms with Crippen molar-refractivity contribution in [1.82, 2.24) is 9.78 Å². The van der Waals surface area contributed by atoms with E-state index >= 15 is 0 Å². The van der Waals surface area contributed by atoms with Crippen LogP contribution < -0.4 is 5.73 Å². The summed E-state index contributed by atoms with van der Waals surface area (Å²) in [5.74, 6) is 0.103. The molecule has 2 aromatic rings. The van der Waals surface area contributed by atoms with Crippen LogP contribution in [0.2, 0.25) is 0 Å². The summed E-state index contributed by atoms with van der Waals surface area (Å²) in [6.07, 6.45) is -4.31. The van der Waals surface area contributed by atoms with Crippen LogP contribution in [0.5, 0.6) is 0 Å². The van der Waals surface area contributed by atoms with E-state index in [1.165, 1.54) is 0 Å². The van der Waals surface area contributed by atoms with E-state index in [2.05, 4.69) is 21.0 Å². The average Bonchev–Trinajstić information content (AvgIpc) is 2.40. The predicted molar refractivity (Wildman–Crippen MR) is 57.9 cm³/mol. The topological polar surface area (TPSA) is 43.8 Å². The number of hydrogen-bond acceptors (Lipinski definition) is 2. The fourth-order valence-corrected chi connectivity index (χ4v) is 1.81. The van der Waals surface area contributed by atoms with Crippen molar-refractivity contribution in [2.24, 2.45) is 0 Å². The highest BCUT2D eigenvalue weighted by atomic mass is 79.9. The Morgan fingerprint density at radius 2 is 2.06 bits per heavy atom. The second-order valence-corrected chi connectivity index (χ2v) is 4.24. The minimum Gasteiger partial charge on any atom is -0.382 e. The molecule has 0 saturated carbocycles. The Bertz CT molecular complexity index is 533. The van der Waals surface area contributed by atoms with Crippen LogP contribution >= 0.6 is 15.9 Å². The van der Waals surface area contributed by atoms with E-state index < -0.39 is 12.7 Å². The molecule has 0 bridgehead atoms. The molecule has 3 nitrogen and oxygen atoms in total. The normalized spacial score (nSPS) is 12.2. The van der Waals surface area contributed by atoms with Gasteiger partial charge in [-0.2, -0.15) is 18.3 Å². The summed E-state index contributed by atoms with van der Waals surface area (Å²) in [4.78, 5) is 0. The molecule has 0 fully saturated rings. The maximum absolute atomic E-state index is 12.3. The summed E-state index contributed by atoms with van der Waals surface area (Å²) in [6.45, 7) is -1.14. The van der Waals surface area contributed by atoms with Crippen LogP contribution in [0, 0.1) is 0 Å². The number of benzene rings is 1. The van der Waals surface area contributed by atoms with Crippen molar-refractivity contribution >= 4 is 32.7 Å². The number of nitrogens with two attached hydrogens (primary N) is 1. The number of fused-ring (bicyclic) bond motifs is 1. The second kappa shape index (κ2) is 3.65. The van der Waals surface area contributed by atoms with Gasteiger partial charge in [-0.15, -0.1) is 0 Å². The average molecular weight is 294 g/mol. The van der Waals surface area contributed by atoms with Crippen molar-refractivity contribution in [3.05, 3.63) is 22.7 Å². The molecular formula is C9H7BrF3N3. The standard InChI is InChI=1S/C9H7BrF3N3/c10-5-1-2-6-7(3-5)16(15-8(6)14)4-9(11,12)13/h1-3H,4H2,(H2,14,15). The van der Waals surface area contributed by atoms with Crippen LogP contribution in [0.3, 0.4) is 0 Å². The Morgan fingerprint density at radius 3 is 2.69 bits per heavy atom. The lowest BCUT2D eigenvalue weighted by atomic mass is 10.2. The molecule has 0 amide bonds. The van der Waals surface area contributed by atoms with Gasteiger partial charge in [0.05, 0.1) is 5.52 Å². The third-order valence-electron chi connectivity index (χ3n) is 2.07. The highest BCUT2D eigenvalue weighted by Crippen LogP contribution is 2.27. The first-order chi connectivity index (χ1) is 7.37. The number of rotatable bonds is 1. The van der Waals surface area contributed by atoms with Crippen LogP contribution in [0.15, 0.2) is 22.7 Å². The summed E-state index contributed by atoms with van der Waals surface area (Å²) >= 11 is 3.19. The third kappa shape index (κ3) is 2.13. The number of halogens is 4. The molecule has 0 aliphatic rings. The molecule has 0 aliphatic heterocycles. The molecule has 2 rings (SSSR count). The van der Waals surface area contributed by atoms with Gasteiger partial charge in [-0.25, -0.2) is 0 Å². The largest absolute Gasteiger partial charge is 0.408 e. The van der Waals surface area contributed by atoms with Crippen LogP contribution in [-0.2, 0) is 6.54 Å². The fraction of sp³-hybridized carbons (Fsp3) is 0.222. The number of nitrogen functional groups attached to an aromatic ring is 1. The lowest BCUT2D eigenvalue weighted by molar-refractivity contribution is -0.141. The predicted octanol–water partition coefficient (Wildman–Crippen LogP) is 2.94. The SMILES string of the molecule is Nc1nn(CC(F)(F)F)c2cc(Br)ccc12. The molecule has 0 unspecified atom stereocenters. The number of anilines is 1. The van der Waals surface area contributed by atoms with Gasteiger partial charge in [0, 0.05) is 9.86 Å². The highest BCUT2D eigenvalue weighted by molar-refractivity contribution is 9.10. The molecule has 2 N–H and O–H groups in total. The Balaban J connectivity index is 2.57. The molecule has 16 heavy (non-hydrogen) atoms. The minimum atomic E-state index is -4.31. The van der Waals surface area contributed by atoms with Gasteiger partial charge in [0.15, 0.2) is 5.82 Å². The molecule has 1 aromatic carbocycles. The molecular weight excluding hydrogens is 287 g/mol. The van der Waals surface area contributed by atoms with Crippen LogP contribution in [0.4, 0.5) is 19.0 Å². The fourth-order valence-electron chi connectivity index (χ4n) is 1.46.